The molecular formula is C14H18F3N3O2. The van der Waals surface area contributed by atoms with Crippen LogP contribution in [0.15, 0.2) is 12.1 Å². The molecule has 0 aliphatic heterocycles. The molecule has 1 aromatic carbocycles. The van der Waals surface area contributed by atoms with Crippen molar-refractivity contribution in [1.82, 2.24) is 5.32 Å². The predicted molar refractivity (Wildman–Crippen MR) is 75.4 cm³/mol. The molecule has 0 bridgehead atoms. The minimum Gasteiger partial charge on any atom is -0.346 e. The highest BCUT2D eigenvalue weighted by Crippen LogP contribution is 2.19. The van der Waals surface area contributed by atoms with E-state index in [1.54, 1.807) is 6.92 Å². The van der Waals surface area contributed by atoms with E-state index in [4.69, 9.17) is 5.73 Å². The van der Waals surface area contributed by atoms with E-state index < -0.39 is 47.5 Å². The van der Waals surface area contributed by atoms with E-state index in [0.717, 1.165) is 6.07 Å². The van der Waals surface area contributed by atoms with Gasteiger partial charge in [-0.05, 0) is 18.1 Å². The Morgan fingerprint density at radius 1 is 1.23 bits per heavy atom. The van der Waals surface area contributed by atoms with Crippen molar-refractivity contribution >= 4 is 17.5 Å². The number of hydrogen-bond acceptors (Lipinski definition) is 3. The number of carbonyl (C=O) groups excluding carboxylic acids is 2. The molecule has 5 nitrogen and oxygen atoms in total. The summed E-state index contributed by atoms with van der Waals surface area (Å²) < 4.78 is 39.1. The summed E-state index contributed by atoms with van der Waals surface area (Å²) in [6, 6.07) is 0.807. The molecule has 1 rings (SSSR count). The van der Waals surface area contributed by atoms with Crippen LogP contribution in [0.3, 0.4) is 0 Å². The van der Waals surface area contributed by atoms with Gasteiger partial charge in [0, 0.05) is 0 Å². The number of hydrogen-bond donors (Lipinski definition) is 3. The lowest BCUT2D eigenvalue weighted by Crippen LogP contribution is -2.46. The van der Waals surface area contributed by atoms with E-state index in [9.17, 15) is 22.8 Å². The SMILES string of the molecule is CCC(C)C(N)C(=O)NCC(=O)Nc1ccc(F)c(F)c1F. The fraction of sp³-hybridized carbons (Fsp3) is 0.429. The molecule has 0 aliphatic rings. The van der Waals surface area contributed by atoms with Crippen molar-refractivity contribution in [3.8, 4) is 0 Å². The fourth-order valence-electron chi connectivity index (χ4n) is 1.61. The van der Waals surface area contributed by atoms with Crippen LogP contribution in [0.1, 0.15) is 20.3 Å². The van der Waals surface area contributed by atoms with Gasteiger partial charge in [-0.25, -0.2) is 13.2 Å². The molecule has 2 unspecified atom stereocenters. The zero-order chi connectivity index (χ0) is 16.9. The lowest BCUT2D eigenvalue weighted by atomic mass is 9.99. The summed E-state index contributed by atoms with van der Waals surface area (Å²) in [5, 5.41) is 4.34. The summed E-state index contributed by atoms with van der Waals surface area (Å²) in [5.41, 5.74) is 5.17. The summed E-state index contributed by atoms with van der Waals surface area (Å²) in [6.07, 6.45) is 0.695. The highest BCUT2D eigenvalue weighted by Gasteiger charge is 2.20. The van der Waals surface area contributed by atoms with Gasteiger partial charge in [-0.3, -0.25) is 9.59 Å². The second-order valence-electron chi connectivity index (χ2n) is 4.90. The van der Waals surface area contributed by atoms with E-state index in [0.29, 0.717) is 12.5 Å². The topological polar surface area (TPSA) is 84.2 Å². The third kappa shape index (κ3) is 4.45. The molecule has 0 aromatic heterocycles. The first-order valence-corrected chi connectivity index (χ1v) is 6.74. The molecule has 0 heterocycles. The molecule has 1 aromatic rings. The van der Waals surface area contributed by atoms with Crippen LogP contribution in [-0.2, 0) is 9.59 Å². The van der Waals surface area contributed by atoms with Crippen LogP contribution in [0.4, 0.5) is 18.9 Å². The Bertz CT molecular complexity index is 567. The largest absolute Gasteiger partial charge is 0.346 e. The van der Waals surface area contributed by atoms with Gasteiger partial charge in [0.2, 0.25) is 11.8 Å². The van der Waals surface area contributed by atoms with Gasteiger partial charge < -0.3 is 16.4 Å². The molecule has 0 spiro atoms. The molecule has 122 valence electrons. The first-order chi connectivity index (χ1) is 10.3. The maximum atomic E-state index is 13.4. The fourth-order valence-corrected chi connectivity index (χ4v) is 1.61. The van der Waals surface area contributed by atoms with Crippen LogP contribution in [0.5, 0.6) is 0 Å². The Morgan fingerprint density at radius 2 is 1.86 bits per heavy atom. The van der Waals surface area contributed by atoms with Gasteiger partial charge in [0.1, 0.15) is 0 Å². The molecular weight excluding hydrogens is 299 g/mol. The van der Waals surface area contributed by atoms with E-state index in [2.05, 4.69) is 5.32 Å². The third-order valence-electron chi connectivity index (χ3n) is 3.29. The quantitative estimate of drug-likeness (QED) is 0.696. The molecule has 0 aliphatic carbocycles. The van der Waals surface area contributed by atoms with E-state index in [1.807, 2.05) is 12.2 Å². The minimum atomic E-state index is -1.68. The lowest BCUT2D eigenvalue weighted by molar-refractivity contribution is -0.125. The van der Waals surface area contributed by atoms with Crippen LogP contribution in [0.25, 0.3) is 0 Å². The van der Waals surface area contributed by atoms with E-state index in [1.165, 1.54) is 0 Å². The Morgan fingerprint density at radius 3 is 2.45 bits per heavy atom. The van der Waals surface area contributed by atoms with Crippen molar-refractivity contribution in [2.24, 2.45) is 11.7 Å². The molecule has 22 heavy (non-hydrogen) atoms. The number of rotatable bonds is 6. The van der Waals surface area contributed by atoms with Gasteiger partial charge >= 0.3 is 0 Å². The van der Waals surface area contributed by atoms with E-state index in [-0.39, 0.29) is 5.92 Å². The molecule has 0 saturated heterocycles. The van der Waals surface area contributed by atoms with Crippen molar-refractivity contribution in [1.29, 1.82) is 0 Å². The lowest BCUT2D eigenvalue weighted by Gasteiger charge is -2.17. The zero-order valence-corrected chi connectivity index (χ0v) is 12.3. The van der Waals surface area contributed by atoms with Crippen LogP contribution >= 0.6 is 0 Å². The Kier molecular flexibility index (Phi) is 6.36. The second-order valence-corrected chi connectivity index (χ2v) is 4.90. The molecule has 8 heteroatoms. The van der Waals surface area contributed by atoms with Gasteiger partial charge in [0.25, 0.3) is 0 Å². The maximum absolute atomic E-state index is 13.4. The van der Waals surface area contributed by atoms with Gasteiger partial charge in [-0.15, -0.1) is 0 Å². The summed E-state index contributed by atoms with van der Waals surface area (Å²) in [5.74, 6) is -5.91. The second kappa shape index (κ2) is 7.79. The first kappa shape index (κ1) is 18.0. The Hall–Kier alpha value is -2.09. The monoisotopic (exact) mass is 317 g/mol. The average molecular weight is 317 g/mol. The van der Waals surface area contributed by atoms with Crippen molar-refractivity contribution in [3.63, 3.8) is 0 Å². The standard InChI is InChI=1S/C14H18F3N3O2/c1-3-7(2)13(18)14(22)19-6-10(21)20-9-5-4-8(15)11(16)12(9)17/h4-5,7,13H,3,6,18H2,1-2H3,(H,19,22)(H,20,21). The number of nitrogens with one attached hydrogen (secondary N) is 2. The normalized spacial score (nSPS) is 13.4. The molecule has 0 saturated carbocycles. The van der Waals surface area contributed by atoms with Crippen LogP contribution in [-0.4, -0.2) is 24.4 Å². The van der Waals surface area contributed by atoms with Gasteiger partial charge in [-0.2, -0.15) is 0 Å². The minimum absolute atomic E-state index is 0.0632. The number of amides is 2. The molecule has 0 fully saturated rings. The summed E-state index contributed by atoms with van der Waals surface area (Å²) in [6.45, 7) is 3.21. The predicted octanol–water partition coefficient (Wildman–Crippen LogP) is 1.53. The average Bonchev–Trinajstić information content (AvgIpc) is 2.51. The molecule has 2 atom stereocenters. The number of halogens is 3. The smallest absolute Gasteiger partial charge is 0.243 e. The Labute approximate surface area is 126 Å². The summed E-state index contributed by atoms with van der Waals surface area (Å²) in [7, 11) is 0. The van der Waals surface area contributed by atoms with Gasteiger partial charge in [0.05, 0.1) is 18.3 Å². The highest BCUT2D eigenvalue weighted by molar-refractivity contribution is 5.95. The van der Waals surface area contributed by atoms with Crippen molar-refractivity contribution in [2.45, 2.75) is 26.3 Å². The summed E-state index contributed by atoms with van der Waals surface area (Å²) in [4.78, 5) is 23.2. The van der Waals surface area contributed by atoms with Gasteiger partial charge in [0.15, 0.2) is 17.5 Å². The highest BCUT2D eigenvalue weighted by atomic mass is 19.2. The third-order valence-corrected chi connectivity index (χ3v) is 3.29. The van der Waals surface area contributed by atoms with Crippen LogP contribution in [0.2, 0.25) is 0 Å². The van der Waals surface area contributed by atoms with Crippen molar-refractivity contribution < 1.29 is 22.8 Å². The first-order valence-electron chi connectivity index (χ1n) is 6.74. The van der Waals surface area contributed by atoms with Crippen LogP contribution in [0, 0.1) is 23.4 Å². The maximum Gasteiger partial charge on any atom is 0.243 e. The number of nitrogens with two attached hydrogens (primary N) is 1. The van der Waals surface area contributed by atoms with Crippen molar-refractivity contribution in [2.75, 3.05) is 11.9 Å². The number of benzene rings is 1. The molecule has 0 radical (unpaired) electrons. The zero-order valence-electron chi connectivity index (χ0n) is 12.3. The number of carbonyl (C=O) groups is 2. The van der Waals surface area contributed by atoms with Gasteiger partial charge in [-0.1, -0.05) is 20.3 Å². The molecule has 2 amide bonds. The summed E-state index contributed by atoms with van der Waals surface area (Å²) >= 11 is 0. The molecule has 4 N–H and O–H groups in total. The Balaban J connectivity index is 2.58. The van der Waals surface area contributed by atoms with Crippen molar-refractivity contribution in [3.05, 3.63) is 29.6 Å². The van der Waals surface area contributed by atoms with Crippen LogP contribution < -0.4 is 16.4 Å². The number of anilines is 1. The van der Waals surface area contributed by atoms with E-state index >= 15 is 0 Å².